The van der Waals surface area contributed by atoms with E-state index in [0.717, 1.165) is 0 Å². The van der Waals surface area contributed by atoms with Crippen LogP contribution in [0.4, 0.5) is 0 Å². The van der Waals surface area contributed by atoms with Crippen LogP contribution in [0.25, 0.3) is 0 Å². The summed E-state index contributed by atoms with van der Waals surface area (Å²) in [7, 11) is 0. The van der Waals surface area contributed by atoms with Gasteiger partial charge in [0.1, 0.15) is 48.8 Å². The summed E-state index contributed by atoms with van der Waals surface area (Å²) >= 11 is 0. The first kappa shape index (κ1) is 22.8. The Morgan fingerprint density at radius 3 is 1.89 bits per heavy atom. The third-order valence-electron chi connectivity index (χ3n) is 4.46. The molecule has 2 saturated heterocycles. The Balaban J connectivity index is 2.08. The zero-order valence-corrected chi connectivity index (χ0v) is 14.7. The lowest BCUT2D eigenvalue weighted by molar-refractivity contribution is -0.360. The second kappa shape index (κ2) is 9.82. The van der Waals surface area contributed by atoms with Crippen molar-refractivity contribution in [1.82, 2.24) is 0 Å². The molecule has 0 radical (unpaired) electrons. The van der Waals surface area contributed by atoms with E-state index in [1.165, 1.54) is 6.92 Å². The first-order valence-corrected chi connectivity index (χ1v) is 8.59. The Bertz CT molecular complexity index is 447. The number of rotatable bonds is 7. The van der Waals surface area contributed by atoms with Crippen LogP contribution in [0.3, 0.4) is 0 Å². The maximum Gasteiger partial charge on any atom is 0.187 e. The van der Waals surface area contributed by atoms with Gasteiger partial charge in [-0.05, 0) is 6.92 Å². The standard InChI is InChI=1S/C15H28O12/c1-5(18)4-24-14-12(23)10(21)13(7(3-17)26-14)27-15-11(22)9(20)8(19)6(2-16)25-15/h5-23H,2-4H2,1H3/t5?,6-,7-,8-,9+,10-,11-,12-,13-,14+,15+/m1/s1. The molecule has 8 N–H and O–H groups in total. The second-order valence-corrected chi connectivity index (χ2v) is 6.69. The molecule has 2 aliphatic heterocycles. The summed E-state index contributed by atoms with van der Waals surface area (Å²) in [5.74, 6) is 0. The quantitative estimate of drug-likeness (QED) is 0.203. The van der Waals surface area contributed by atoms with Gasteiger partial charge in [0.25, 0.3) is 0 Å². The summed E-state index contributed by atoms with van der Waals surface area (Å²) < 4.78 is 21.1. The predicted molar refractivity (Wildman–Crippen MR) is 84.0 cm³/mol. The molecule has 160 valence electrons. The van der Waals surface area contributed by atoms with E-state index in [0.29, 0.717) is 0 Å². The summed E-state index contributed by atoms with van der Waals surface area (Å²) in [6.45, 7) is -0.0682. The van der Waals surface area contributed by atoms with Gasteiger partial charge in [-0.2, -0.15) is 0 Å². The van der Waals surface area contributed by atoms with Crippen LogP contribution in [-0.4, -0.2) is 128 Å². The summed E-state index contributed by atoms with van der Waals surface area (Å²) in [5.41, 5.74) is 0. The van der Waals surface area contributed by atoms with E-state index in [-0.39, 0.29) is 6.61 Å². The van der Waals surface area contributed by atoms with Crippen molar-refractivity contribution < 1.29 is 59.8 Å². The van der Waals surface area contributed by atoms with Crippen molar-refractivity contribution in [2.75, 3.05) is 19.8 Å². The van der Waals surface area contributed by atoms with Gasteiger partial charge < -0.3 is 59.8 Å². The third-order valence-corrected chi connectivity index (χ3v) is 4.46. The van der Waals surface area contributed by atoms with Gasteiger partial charge in [0, 0.05) is 0 Å². The average Bonchev–Trinajstić information content (AvgIpc) is 2.64. The zero-order chi connectivity index (χ0) is 20.3. The van der Waals surface area contributed by atoms with Crippen LogP contribution >= 0.6 is 0 Å². The van der Waals surface area contributed by atoms with E-state index in [2.05, 4.69) is 0 Å². The minimum absolute atomic E-state index is 0.190. The molecule has 2 aliphatic rings. The summed E-state index contributed by atoms with van der Waals surface area (Å²) in [6.07, 6.45) is -15.9. The first-order chi connectivity index (χ1) is 12.7. The minimum Gasteiger partial charge on any atom is -0.394 e. The van der Waals surface area contributed by atoms with E-state index in [1.807, 2.05) is 0 Å². The normalized spacial score (nSPS) is 47.0. The summed E-state index contributed by atoms with van der Waals surface area (Å²) in [6, 6.07) is 0. The highest BCUT2D eigenvalue weighted by molar-refractivity contribution is 4.94. The van der Waals surface area contributed by atoms with Crippen molar-refractivity contribution >= 4 is 0 Å². The predicted octanol–water partition coefficient (Wildman–Crippen LogP) is -4.99. The Labute approximate surface area is 155 Å². The highest BCUT2D eigenvalue weighted by Crippen LogP contribution is 2.29. The van der Waals surface area contributed by atoms with E-state index in [4.69, 9.17) is 18.9 Å². The zero-order valence-electron chi connectivity index (χ0n) is 14.7. The molecule has 0 aromatic carbocycles. The van der Waals surface area contributed by atoms with Crippen LogP contribution in [0.15, 0.2) is 0 Å². The fourth-order valence-corrected chi connectivity index (χ4v) is 2.93. The fraction of sp³-hybridized carbons (Fsp3) is 1.00. The summed E-state index contributed by atoms with van der Waals surface area (Å²) in [5, 5.41) is 78.0. The lowest BCUT2D eigenvalue weighted by atomic mass is 9.97. The molecule has 2 fully saturated rings. The molecule has 0 aromatic rings. The molecule has 1 unspecified atom stereocenters. The topological polar surface area (TPSA) is 199 Å². The Kier molecular flexibility index (Phi) is 8.30. The Hall–Kier alpha value is -0.480. The SMILES string of the molecule is CC(O)CO[C@H]1O[C@H](CO)[C@@H](O[C@@H]2O[C@H](CO)[C@@H](O)[C@H](O)[C@H]2O)[C@H](O)[C@H]1O. The molecule has 0 aliphatic carbocycles. The number of aliphatic hydroxyl groups is 8. The first-order valence-electron chi connectivity index (χ1n) is 8.59. The smallest absolute Gasteiger partial charge is 0.187 e. The van der Waals surface area contributed by atoms with Crippen LogP contribution in [0.5, 0.6) is 0 Å². The third kappa shape index (κ3) is 5.12. The highest BCUT2D eigenvalue weighted by Gasteiger charge is 2.50. The van der Waals surface area contributed by atoms with Gasteiger partial charge in [-0.15, -0.1) is 0 Å². The molecule has 0 amide bonds. The fourth-order valence-electron chi connectivity index (χ4n) is 2.93. The molecule has 0 saturated carbocycles. The molecule has 2 rings (SSSR count). The monoisotopic (exact) mass is 400 g/mol. The number of aliphatic hydroxyl groups excluding tert-OH is 8. The minimum atomic E-state index is -1.73. The molecule has 0 aromatic heterocycles. The van der Waals surface area contributed by atoms with Crippen LogP contribution < -0.4 is 0 Å². The molecular formula is C15H28O12. The van der Waals surface area contributed by atoms with E-state index >= 15 is 0 Å². The molecule has 12 heteroatoms. The van der Waals surface area contributed by atoms with Crippen molar-refractivity contribution in [1.29, 1.82) is 0 Å². The lowest BCUT2D eigenvalue weighted by Gasteiger charge is -2.46. The van der Waals surface area contributed by atoms with Crippen molar-refractivity contribution in [2.24, 2.45) is 0 Å². The van der Waals surface area contributed by atoms with E-state index in [9.17, 15) is 40.9 Å². The van der Waals surface area contributed by atoms with E-state index in [1.54, 1.807) is 0 Å². The van der Waals surface area contributed by atoms with Crippen molar-refractivity contribution in [3.8, 4) is 0 Å². The highest BCUT2D eigenvalue weighted by atomic mass is 16.7. The van der Waals surface area contributed by atoms with Crippen molar-refractivity contribution in [3.63, 3.8) is 0 Å². The molecule has 12 nitrogen and oxygen atoms in total. The van der Waals surface area contributed by atoms with Gasteiger partial charge in [0.2, 0.25) is 0 Å². The summed E-state index contributed by atoms with van der Waals surface area (Å²) in [4.78, 5) is 0. The van der Waals surface area contributed by atoms with Gasteiger partial charge in [0.05, 0.1) is 25.9 Å². The van der Waals surface area contributed by atoms with Crippen molar-refractivity contribution in [3.05, 3.63) is 0 Å². The molecule has 2 heterocycles. The second-order valence-electron chi connectivity index (χ2n) is 6.69. The number of hydrogen-bond donors (Lipinski definition) is 8. The van der Waals surface area contributed by atoms with Crippen LogP contribution in [0, 0.1) is 0 Å². The van der Waals surface area contributed by atoms with Crippen LogP contribution in [-0.2, 0) is 18.9 Å². The molecule has 11 atom stereocenters. The Morgan fingerprint density at radius 1 is 0.778 bits per heavy atom. The molecule has 27 heavy (non-hydrogen) atoms. The van der Waals surface area contributed by atoms with Crippen molar-refractivity contribution in [2.45, 2.75) is 74.4 Å². The molecular weight excluding hydrogens is 372 g/mol. The van der Waals surface area contributed by atoms with Gasteiger partial charge in [0.15, 0.2) is 12.6 Å². The Morgan fingerprint density at radius 2 is 1.33 bits per heavy atom. The van der Waals surface area contributed by atoms with E-state index < -0.39 is 80.7 Å². The maximum atomic E-state index is 10.3. The van der Waals surface area contributed by atoms with Gasteiger partial charge in [-0.3, -0.25) is 0 Å². The molecule has 0 spiro atoms. The average molecular weight is 400 g/mol. The van der Waals surface area contributed by atoms with Gasteiger partial charge in [-0.25, -0.2) is 0 Å². The van der Waals surface area contributed by atoms with Gasteiger partial charge in [-0.1, -0.05) is 0 Å². The number of hydrogen-bond acceptors (Lipinski definition) is 12. The largest absolute Gasteiger partial charge is 0.394 e. The molecule has 0 bridgehead atoms. The van der Waals surface area contributed by atoms with Crippen LogP contribution in [0.2, 0.25) is 0 Å². The number of ether oxygens (including phenoxy) is 4. The maximum absolute atomic E-state index is 10.3. The van der Waals surface area contributed by atoms with Crippen LogP contribution in [0.1, 0.15) is 6.92 Å². The van der Waals surface area contributed by atoms with Gasteiger partial charge >= 0.3 is 0 Å². The lowest BCUT2D eigenvalue weighted by Crippen LogP contribution is -2.64.